The second-order valence-electron chi connectivity index (χ2n) is 5.84. The van der Waals surface area contributed by atoms with Crippen LogP contribution in [0.1, 0.15) is 36.4 Å². The topological polar surface area (TPSA) is 15.3 Å². The van der Waals surface area contributed by atoms with Gasteiger partial charge in [-0.05, 0) is 30.4 Å². The van der Waals surface area contributed by atoms with Crippen molar-refractivity contribution in [3.63, 3.8) is 0 Å². The minimum atomic E-state index is 0. The van der Waals surface area contributed by atoms with Gasteiger partial charge in [-0.15, -0.1) is 24.8 Å². The van der Waals surface area contributed by atoms with Crippen LogP contribution in [0.2, 0.25) is 0 Å². The Morgan fingerprint density at radius 2 is 1.80 bits per heavy atom. The number of benzene rings is 1. The van der Waals surface area contributed by atoms with Gasteiger partial charge in [0, 0.05) is 32.2 Å². The second-order valence-corrected chi connectivity index (χ2v) is 5.84. The van der Waals surface area contributed by atoms with Gasteiger partial charge in [-0.25, -0.2) is 0 Å². The van der Waals surface area contributed by atoms with E-state index in [2.05, 4.69) is 41.4 Å². The van der Waals surface area contributed by atoms with Crippen LogP contribution in [-0.2, 0) is 0 Å². The molecule has 1 saturated heterocycles. The lowest BCUT2D eigenvalue weighted by molar-refractivity contribution is 0.160. The summed E-state index contributed by atoms with van der Waals surface area (Å²) in [5.41, 5.74) is 3.02. The smallest absolute Gasteiger partial charge is 0.0354 e. The molecule has 4 heteroatoms. The van der Waals surface area contributed by atoms with Gasteiger partial charge in [-0.2, -0.15) is 0 Å². The van der Waals surface area contributed by atoms with Crippen LogP contribution >= 0.6 is 24.8 Å². The largest absolute Gasteiger partial charge is 0.314 e. The maximum Gasteiger partial charge on any atom is 0.0354 e. The zero-order valence-electron chi connectivity index (χ0n) is 12.2. The third kappa shape index (κ3) is 4.36. The number of aryl methyl sites for hydroxylation is 1. The number of halogens is 2. The molecule has 0 unspecified atom stereocenters. The molecule has 2 fully saturated rings. The summed E-state index contributed by atoms with van der Waals surface area (Å²) in [4.78, 5) is 2.69. The van der Waals surface area contributed by atoms with E-state index in [4.69, 9.17) is 0 Å². The first-order valence-corrected chi connectivity index (χ1v) is 7.35. The van der Waals surface area contributed by atoms with Gasteiger partial charge in [0.05, 0.1) is 0 Å². The molecule has 2 aliphatic rings. The van der Waals surface area contributed by atoms with Crippen molar-refractivity contribution in [2.24, 2.45) is 5.92 Å². The van der Waals surface area contributed by atoms with Crippen LogP contribution < -0.4 is 5.32 Å². The Morgan fingerprint density at radius 3 is 2.40 bits per heavy atom. The number of piperazine rings is 1. The molecule has 1 atom stereocenters. The molecular weight excluding hydrogens is 291 g/mol. The normalized spacial score (nSPS) is 20.6. The lowest BCUT2D eigenvalue weighted by atomic mass is 9.95. The van der Waals surface area contributed by atoms with Gasteiger partial charge in [0.2, 0.25) is 0 Å². The molecule has 20 heavy (non-hydrogen) atoms. The molecule has 1 aromatic carbocycles. The lowest BCUT2D eigenvalue weighted by Gasteiger charge is -2.36. The quantitative estimate of drug-likeness (QED) is 0.913. The Labute approximate surface area is 135 Å². The Kier molecular flexibility index (Phi) is 7.32. The minimum absolute atomic E-state index is 0. The van der Waals surface area contributed by atoms with Crippen LogP contribution in [0.5, 0.6) is 0 Å². The van der Waals surface area contributed by atoms with Gasteiger partial charge in [0.1, 0.15) is 0 Å². The highest BCUT2D eigenvalue weighted by atomic mass is 35.5. The number of nitrogens with one attached hydrogen (secondary N) is 1. The van der Waals surface area contributed by atoms with E-state index in [1.165, 1.54) is 37.9 Å². The highest BCUT2D eigenvalue weighted by Gasteiger charge is 2.30. The van der Waals surface area contributed by atoms with Crippen molar-refractivity contribution in [2.45, 2.75) is 32.2 Å². The van der Waals surface area contributed by atoms with E-state index in [1.54, 1.807) is 5.56 Å². The van der Waals surface area contributed by atoms with Crippen molar-refractivity contribution >= 4 is 24.8 Å². The molecule has 114 valence electrons. The van der Waals surface area contributed by atoms with E-state index < -0.39 is 0 Å². The van der Waals surface area contributed by atoms with E-state index in [-0.39, 0.29) is 24.8 Å². The van der Waals surface area contributed by atoms with Crippen LogP contribution in [-0.4, -0.2) is 31.1 Å². The van der Waals surface area contributed by atoms with Crippen molar-refractivity contribution in [1.82, 2.24) is 10.2 Å². The second kappa shape index (κ2) is 8.23. The Morgan fingerprint density at radius 1 is 1.15 bits per heavy atom. The van der Waals surface area contributed by atoms with Crippen LogP contribution in [0.15, 0.2) is 24.3 Å². The molecule has 3 rings (SSSR count). The van der Waals surface area contributed by atoms with Crippen molar-refractivity contribution in [2.75, 3.05) is 26.2 Å². The molecule has 1 saturated carbocycles. The molecule has 1 aliphatic carbocycles. The van der Waals surface area contributed by atoms with Crippen LogP contribution in [0, 0.1) is 12.8 Å². The molecule has 1 N–H and O–H groups in total. The monoisotopic (exact) mass is 316 g/mol. The fraction of sp³-hybridized carbons (Fsp3) is 0.625. The van der Waals surface area contributed by atoms with E-state index in [1.807, 2.05) is 0 Å². The summed E-state index contributed by atoms with van der Waals surface area (Å²) in [7, 11) is 0. The van der Waals surface area contributed by atoms with Gasteiger partial charge in [0.25, 0.3) is 0 Å². The SMILES string of the molecule is Cc1ccccc1[C@@H](CC1CC1)N1CCNCC1.Cl.Cl. The summed E-state index contributed by atoms with van der Waals surface area (Å²) in [6, 6.07) is 9.61. The van der Waals surface area contributed by atoms with Gasteiger partial charge in [-0.1, -0.05) is 37.1 Å². The van der Waals surface area contributed by atoms with E-state index in [9.17, 15) is 0 Å². The van der Waals surface area contributed by atoms with Crippen LogP contribution in [0.4, 0.5) is 0 Å². The number of rotatable bonds is 4. The predicted molar refractivity (Wildman–Crippen MR) is 90.2 cm³/mol. The van der Waals surface area contributed by atoms with E-state index in [0.717, 1.165) is 19.0 Å². The standard InChI is InChI=1S/C16H24N2.2ClH/c1-13-4-2-3-5-15(13)16(12-14-6-7-14)18-10-8-17-9-11-18;;/h2-5,14,16-17H,6-12H2,1H3;2*1H/t16-;;/m1../s1. The zero-order chi connectivity index (χ0) is 12.4. The average Bonchev–Trinajstić information content (AvgIpc) is 3.22. The summed E-state index contributed by atoms with van der Waals surface area (Å²) in [6.45, 7) is 6.95. The molecule has 1 aromatic rings. The van der Waals surface area contributed by atoms with Gasteiger partial charge >= 0.3 is 0 Å². The minimum Gasteiger partial charge on any atom is -0.314 e. The molecule has 0 radical (unpaired) electrons. The lowest BCUT2D eigenvalue weighted by Crippen LogP contribution is -2.45. The van der Waals surface area contributed by atoms with Gasteiger partial charge in [-0.3, -0.25) is 4.90 Å². The molecule has 2 nitrogen and oxygen atoms in total. The highest BCUT2D eigenvalue weighted by Crippen LogP contribution is 2.40. The summed E-state index contributed by atoms with van der Waals surface area (Å²) in [5.74, 6) is 0.990. The average molecular weight is 317 g/mol. The molecule has 0 bridgehead atoms. The molecule has 0 amide bonds. The number of hydrogen-bond donors (Lipinski definition) is 1. The van der Waals surface area contributed by atoms with Crippen LogP contribution in [0.25, 0.3) is 0 Å². The maximum atomic E-state index is 3.46. The zero-order valence-corrected chi connectivity index (χ0v) is 13.8. The first-order chi connectivity index (χ1) is 8.84. The summed E-state index contributed by atoms with van der Waals surface area (Å²) in [5, 5.41) is 3.46. The predicted octanol–water partition coefficient (Wildman–Crippen LogP) is 3.59. The fourth-order valence-electron chi connectivity index (χ4n) is 3.10. The fourth-order valence-corrected chi connectivity index (χ4v) is 3.10. The van der Waals surface area contributed by atoms with Crippen molar-refractivity contribution in [3.05, 3.63) is 35.4 Å². The summed E-state index contributed by atoms with van der Waals surface area (Å²) >= 11 is 0. The molecule has 0 aromatic heterocycles. The Balaban J connectivity index is 0.000001000. The molecule has 0 spiro atoms. The third-order valence-electron chi connectivity index (χ3n) is 4.39. The molecule has 1 aliphatic heterocycles. The molecular formula is C16H26Cl2N2. The van der Waals surface area contributed by atoms with Gasteiger partial charge in [0.15, 0.2) is 0 Å². The van der Waals surface area contributed by atoms with Crippen molar-refractivity contribution < 1.29 is 0 Å². The number of hydrogen-bond acceptors (Lipinski definition) is 2. The van der Waals surface area contributed by atoms with E-state index >= 15 is 0 Å². The number of nitrogens with zero attached hydrogens (tertiary/aromatic N) is 1. The van der Waals surface area contributed by atoms with E-state index in [0.29, 0.717) is 6.04 Å². The first-order valence-electron chi connectivity index (χ1n) is 7.35. The third-order valence-corrected chi connectivity index (χ3v) is 4.39. The first kappa shape index (κ1) is 17.8. The van der Waals surface area contributed by atoms with Crippen molar-refractivity contribution in [3.8, 4) is 0 Å². The summed E-state index contributed by atoms with van der Waals surface area (Å²) in [6.07, 6.45) is 4.27. The van der Waals surface area contributed by atoms with Gasteiger partial charge < -0.3 is 5.32 Å². The Hall–Kier alpha value is -0.280. The van der Waals surface area contributed by atoms with Crippen molar-refractivity contribution in [1.29, 1.82) is 0 Å². The maximum absolute atomic E-state index is 3.46. The molecule has 1 heterocycles. The Bertz CT molecular complexity index is 401. The summed E-state index contributed by atoms with van der Waals surface area (Å²) < 4.78 is 0. The highest BCUT2D eigenvalue weighted by molar-refractivity contribution is 5.85. The van der Waals surface area contributed by atoms with Crippen LogP contribution in [0.3, 0.4) is 0 Å².